The molecule has 9 heteroatoms. The van der Waals surface area contributed by atoms with Gasteiger partial charge in [-0.25, -0.2) is 0 Å². The number of carbonyl (C=O) groups excluding carboxylic acids is 4. The number of ether oxygens (including phenoxy) is 2. The standard InChI is InChI=1S/C33H51NO6S2/c1-6-10-13-26(8-3)24-39-32(37)18-21-41-28-16-17-30(29(23-28)34(5)31(36)15-12-20-35)42-22-19-33(38)40-25-27(9-4)14-11-7-2/h12,15-17,20,23,26-27H,6-11,13-14,18-19,21-22,24-25H2,1-5H3/b15-12-. The van der Waals surface area contributed by atoms with E-state index < -0.39 is 0 Å². The molecule has 0 saturated heterocycles. The Bertz CT molecular complexity index is 983. The lowest BCUT2D eigenvalue weighted by molar-refractivity contribution is -0.145. The zero-order valence-electron chi connectivity index (χ0n) is 26.2. The van der Waals surface area contributed by atoms with Crippen molar-refractivity contribution in [2.24, 2.45) is 11.8 Å². The minimum Gasteiger partial charge on any atom is -0.465 e. The first-order valence-electron chi connectivity index (χ1n) is 15.4. The van der Waals surface area contributed by atoms with E-state index >= 15 is 0 Å². The fraction of sp³-hybridized carbons (Fsp3) is 0.636. The van der Waals surface area contributed by atoms with E-state index in [1.165, 1.54) is 40.6 Å². The van der Waals surface area contributed by atoms with Crippen LogP contribution in [0.1, 0.15) is 91.9 Å². The number of anilines is 1. The van der Waals surface area contributed by atoms with Crippen molar-refractivity contribution in [1.82, 2.24) is 0 Å². The van der Waals surface area contributed by atoms with E-state index in [0.717, 1.165) is 61.2 Å². The van der Waals surface area contributed by atoms with Gasteiger partial charge in [0.15, 0.2) is 0 Å². The maximum absolute atomic E-state index is 12.7. The maximum Gasteiger partial charge on any atom is 0.306 e. The minimum absolute atomic E-state index is 0.196. The number of benzene rings is 1. The van der Waals surface area contributed by atoms with Gasteiger partial charge in [-0.2, -0.15) is 0 Å². The van der Waals surface area contributed by atoms with Crippen molar-refractivity contribution in [2.75, 3.05) is 36.7 Å². The number of likely N-dealkylation sites (N-methyl/N-ethyl adjacent to an activating group) is 1. The second-order valence-corrected chi connectivity index (χ2v) is 12.7. The molecule has 0 aromatic heterocycles. The van der Waals surface area contributed by atoms with Crippen molar-refractivity contribution < 1.29 is 28.7 Å². The molecule has 2 unspecified atom stereocenters. The van der Waals surface area contributed by atoms with Gasteiger partial charge in [0.2, 0.25) is 0 Å². The van der Waals surface area contributed by atoms with Crippen LogP contribution in [0.4, 0.5) is 5.69 Å². The fourth-order valence-electron chi connectivity index (χ4n) is 4.18. The first kappa shape index (κ1) is 37.8. The van der Waals surface area contributed by atoms with Gasteiger partial charge in [0.25, 0.3) is 5.91 Å². The molecule has 0 aliphatic heterocycles. The Labute approximate surface area is 261 Å². The first-order valence-corrected chi connectivity index (χ1v) is 17.4. The summed E-state index contributed by atoms with van der Waals surface area (Å²) in [7, 11) is 1.65. The van der Waals surface area contributed by atoms with Crippen molar-refractivity contribution in [3.8, 4) is 0 Å². The smallest absolute Gasteiger partial charge is 0.306 e. The second-order valence-electron chi connectivity index (χ2n) is 10.4. The Morgan fingerprint density at radius 2 is 1.40 bits per heavy atom. The van der Waals surface area contributed by atoms with Crippen LogP contribution in [0.5, 0.6) is 0 Å². The molecule has 1 aromatic carbocycles. The van der Waals surface area contributed by atoms with Gasteiger partial charge in [-0.3, -0.25) is 19.2 Å². The quantitative estimate of drug-likeness (QED) is 0.0527. The first-order chi connectivity index (χ1) is 20.3. The zero-order chi connectivity index (χ0) is 31.2. The lowest BCUT2D eigenvalue weighted by Gasteiger charge is -2.20. The Morgan fingerprint density at radius 1 is 0.857 bits per heavy atom. The molecule has 0 spiro atoms. The summed E-state index contributed by atoms with van der Waals surface area (Å²) in [6.45, 7) is 9.51. The summed E-state index contributed by atoms with van der Waals surface area (Å²) in [6.07, 6.45) is 12.2. The van der Waals surface area contributed by atoms with Gasteiger partial charge in [0, 0.05) is 34.4 Å². The van der Waals surface area contributed by atoms with Crippen molar-refractivity contribution in [3.05, 3.63) is 30.4 Å². The van der Waals surface area contributed by atoms with E-state index in [0.29, 0.717) is 54.9 Å². The third kappa shape index (κ3) is 15.8. The molecule has 1 rings (SSSR count). The maximum atomic E-state index is 12.7. The Morgan fingerprint density at radius 3 is 1.90 bits per heavy atom. The van der Waals surface area contributed by atoms with Crippen molar-refractivity contribution in [2.45, 2.75) is 102 Å². The summed E-state index contributed by atoms with van der Waals surface area (Å²) in [4.78, 5) is 51.3. The lowest BCUT2D eigenvalue weighted by Crippen LogP contribution is -2.24. The summed E-state index contributed by atoms with van der Waals surface area (Å²) in [5.74, 6) is 1.14. The number of aldehydes is 1. The molecular weight excluding hydrogens is 570 g/mol. The topological polar surface area (TPSA) is 90.0 Å². The predicted octanol–water partition coefficient (Wildman–Crippen LogP) is 7.89. The van der Waals surface area contributed by atoms with Gasteiger partial charge in [-0.05, 0) is 49.0 Å². The molecule has 0 radical (unpaired) electrons. The normalized spacial score (nSPS) is 12.6. The van der Waals surface area contributed by atoms with Crippen LogP contribution >= 0.6 is 23.5 Å². The monoisotopic (exact) mass is 621 g/mol. The molecule has 2 atom stereocenters. The molecule has 0 bridgehead atoms. The van der Waals surface area contributed by atoms with Gasteiger partial charge in [-0.1, -0.05) is 66.2 Å². The molecule has 1 amide bonds. The SMILES string of the molecule is CCCCC(CC)COC(=O)CCSc1ccc(SCCC(=O)OCC(CC)CCCC)c(N(C)C(=O)/C=C\C=O)c1. The van der Waals surface area contributed by atoms with Gasteiger partial charge >= 0.3 is 11.9 Å². The average Bonchev–Trinajstić information content (AvgIpc) is 3.00. The number of hydrogen-bond acceptors (Lipinski definition) is 8. The van der Waals surface area contributed by atoms with Gasteiger partial charge in [0.1, 0.15) is 6.29 Å². The van der Waals surface area contributed by atoms with E-state index in [-0.39, 0.29) is 24.3 Å². The highest BCUT2D eigenvalue weighted by Crippen LogP contribution is 2.34. The summed E-state index contributed by atoms with van der Waals surface area (Å²) < 4.78 is 11.0. The van der Waals surface area contributed by atoms with Crippen molar-refractivity contribution in [1.29, 1.82) is 0 Å². The Balaban J connectivity index is 2.76. The molecule has 1 aromatic rings. The summed E-state index contributed by atoms with van der Waals surface area (Å²) in [5.41, 5.74) is 0.675. The third-order valence-electron chi connectivity index (χ3n) is 7.12. The second kappa shape index (κ2) is 23.2. The minimum atomic E-state index is -0.333. The molecule has 0 heterocycles. The number of esters is 2. The number of carbonyl (C=O) groups is 4. The van der Waals surface area contributed by atoms with E-state index in [2.05, 4.69) is 27.7 Å². The van der Waals surface area contributed by atoms with Crippen LogP contribution in [0.25, 0.3) is 0 Å². The molecule has 236 valence electrons. The van der Waals surface area contributed by atoms with Gasteiger partial charge in [0.05, 0.1) is 31.7 Å². The Hall–Kier alpha value is -2.26. The molecule has 0 fully saturated rings. The van der Waals surface area contributed by atoms with Crippen LogP contribution in [0.2, 0.25) is 0 Å². The van der Waals surface area contributed by atoms with E-state index in [1.807, 2.05) is 18.2 Å². The molecule has 42 heavy (non-hydrogen) atoms. The number of amides is 1. The predicted molar refractivity (Wildman–Crippen MR) is 174 cm³/mol. The molecule has 0 aliphatic rings. The highest BCUT2D eigenvalue weighted by molar-refractivity contribution is 7.99. The number of unbranched alkanes of at least 4 members (excludes halogenated alkanes) is 2. The molecule has 7 nitrogen and oxygen atoms in total. The summed E-state index contributed by atoms with van der Waals surface area (Å²) in [5, 5.41) is 0. The van der Waals surface area contributed by atoms with Crippen molar-refractivity contribution in [3.63, 3.8) is 0 Å². The Kier molecular flexibility index (Phi) is 20.9. The number of hydrogen-bond donors (Lipinski definition) is 0. The number of allylic oxidation sites excluding steroid dienone is 1. The van der Waals surface area contributed by atoms with E-state index in [9.17, 15) is 19.2 Å². The van der Waals surface area contributed by atoms with Gasteiger partial charge < -0.3 is 14.4 Å². The third-order valence-corrected chi connectivity index (χ3v) is 9.18. The van der Waals surface area contributed by atoms with Crippen LogP contribution in [-0.4, -0.2) is 55.9 Å². The number of nitrogens with zero attached hydrogens (tertiary/aromatic N) is 1. The number of rotatable bonds is 23. The largest absolute Gasteiger partial charge is 0.465 e. The summed E-state index contributed by atoms with van der Waals surface area (Å²) in [6, 6.07) is 5.79. The van der Waals surface area contributed by atoms with Crippen LogP contribution in [0.15, 0.2) is 40.1 Å². The van der Waals surface area contributed by atoms with Crippen molar-refractivity contribution >= 4 is 53.3 Å². The summed E-state index contributed by atoms with van der Waals surface area (Å²) >= 11 is 3.00. The van der Waals surface area contributed by atoms with Crippen LogP contribution in [0.3, 0.4) is 0 Å². The zero-order valence-corrected chi connectivity index (χ0v) is 27.9. The fourth-order valence-corrected chi connectivity index (χ4v) is 6.04. The molecule has 0 saturated carbocycles. The lowest BCUT2D eigenvalue weighted by atomic mass is 10.0. The van der Waals surface area contributed by atoms with E-state index in [4.69, 9.17) is 9.47 Å². The number of thioether (sulfide) groups is 2. The van der Waals surface area contributed by atoms with Gasteiger partial charge in [-0.15, -0.1) is 23.5 Å². The molecule has 0 aliphatic carbocycles. The van der Waals surface area contributed by atoms with Crippen LogP contribution in [-0.2, 0) is 28.7 Å². The van der Waals surface area contributed by atoms with E-state index in [1.54, 1.807) is 7.05 Å². The molecular formula is C33H51NO6S2. The van der Waals surface area contributed by atoms with Crippen LogP contribution in [0, 0.1) is 11.8 Å². The van der Waals surface area contributed by atoms with Crippen LogP contribution < -0.4 is 4.90 Å². The highest BCUT2D eigenvalue weighted by atomic mass is 32.2. The molecule has 0 N–H and O–H groups in total. The average molecular weight is 622 g/mol. The highest BCUT2D eigenvalue weighted by Gasteiger charge is 2.16.